The van der Waals surface area contributed by atoms with Gasteiger partial charge in [-0.25, -0.2) is 0 Å². The van der Waals surface area contributed by atoms with Gasteiger partial charge in [0.2, 0.25) is 0 Å². The van der Waals surface area contributed by atoms with Gasteiger partial charge in [-0.1, -0.05) is 24.6 Å². The van der Waals surface area contributed by atoms with Crippen LogP contribution in [0.5, 0.6) is 0 Å². The predicted molar refractivity (Wildman–Crippen MR) is 82.9 cm³/mol. The van der Waals surface area contributed by atoms with Crippen molar-refractivity contribution >= 4 is 39.1 Å². The summed E-state index contributed by atoms with van der Waals surface area (Å²) in [6.07, 6.45) is 0.962. The molecular formula is C15H13BrClNO. The van der Waals surface area contributed by atoms with Gasteiger partial charge in [0.15, 0.2) is 0 Å². The third-order valence-corrected chi connectivity index (χ3v) is 3.70. The minimum Gasteiger partial charge on any atom is -0.321 e. The minimum absolute atomic E-state index is 0.151. The van der Waals surface area contributed by atoms with Crippen LogP contribution in [0.3, 0.4) is 0 Å². The van der Waals surface area contributed by atoms with Crippen LogP contribution < -0.4 is 5.32 Å². The molecule has 0 heterocycles. The van der Waals surface area contributed by atoms with Gasteiger partial charge < -0.3 is 5.32 Å². The van der Waals surface area contributed by atoms with E-state index in [1.165, 1.54) is 5.56 Å². The summed E-state index contributed by atoms with van der Waals surface area (Å²) in [5.41, 5.74) is 2.56. The highest BCUT2D eigenvalue weighted by molar-refractivity contribution is 9.10. The molecule has 2 nitrogen and oxygen atoms in total. The molecule has 0 radical (unpaired) electrons. The Bertz CT molecular complexity index is 596. The van der Waals surface area contributed by atoms with E-state index in [1.807, 2.05) is 18.2 Å². The highest BCUT2D eigenvalue weighted by Gasteiger charge is 2.08. The van der Waals surface area contributed by atoms with Crippen LogP contribution in [0.25, 0.3) is 0 Å². The zero-order chi connectivity index (χ0) is 13.8. The van der Waals surface area contributed by atoms with Crippen LogP contribution in [0.1, 0.15) is 22.8 Å². The van der Waals surface area contributed by atoms with Crippen LogP contribution >= 0.6 is 27.5 Å². The number of hydrogen-bond donors (Lipinski definition) is 1. The van der Waals surface area contributed by atoms with Crippen molar-refractivity contribution in [2.75, 3.05) is 5.32 Å². The van der Waals surface area contributed by atoms with Crippen molar-refractivity contribution in [2.24, 2.45) is 0 Å². The summed E-state index contributed by atoms with van der Waals surface area (Å²) in [6.45, 7) is 2.09. The maximum atomic E-state index is 12.1. The fraction of sp³-hybridized carbons (Fsp3) is 0.133. The molecule has 0 saturated carbocycles. The van der Waals surface area contributed by atoms with Gasteiger partial charge in [-0.05, 0) is 64.3 Å². The highest BCUT2D eigenvalue weighted by atomic mass is 79.9. The monoisotopic (exact) mass is 337 g/mol. The lowest BCUT2D eigenvalue weighted by molar-refractivity contribution is 0.102. The molecule has 2 aromatic carbocycles. The van der Waals surface area contributed by atoms with Crippen molar-refractivity contribution in [2.45, 2.75) is 13.3 Å². The molecule has 0 atom stereocenters. The Labute approximate surface area is 125 Å². The number of hydrogen-bond acceptors (Lipinski definition) is 1. The van der Waals surface area contributed by atoms with Crippen LogP contribution in [-0.4, -0.2) is 5.91 Å². The van der Waals surface area contributed by atoms with E-state index in [4.69, 9.17) is 11.6 Å². The Hall–Kier alpha value is -1.32. The van der Waals surface area contributed by atoms with Crippen molar-refractivity contribution in [3.63, 3.8) is 0 Å². The van der Waals surface area contributed by atoms with Gasteiger partial charge in [0.25, 0.3) is 5.91 Å². The van der Waals surface area contributed by atoms with Crippen LogP contribution in [-0.2, 0) is 6.42 Å². The second-order valence-electron chi connectivity index (χ2n) is 4.13. The zero-order valence-corrected chi connectivity index (χ0v) is 12.8. The summed E-state index contributed by atoms with van der Waals surface area (Å²) in [5, 5.41) is 3.48. The normalized spacial score (nSPS) is 10.3. The van der Waals surface area contributed by atoms with Crippen molar-refractivity contribution in [3.05, 3.63) is 63.1 Å². The number of anilines is 1. The molecular weight excluding hydrogens is 326 g/mol. The van der Waals surface area contributed by atoms with Crippen LogP contribution in [0.4, 0.5) is 5.69 Å². The van der Waals surface area contributed by atoms with Gasteiger partial charge in [0.05, 0.1) is 5.69 Å². The first kappa shape index (κ1) is 14.1. The number of benzene rings is 2. The molecule has 2 aromatic rings. The third kappa shape index (κ3) is 3.58. The smallest absolute Gasteiger partial charge is 0.255 e. The molecule has 0 saturated heterocycles. The molecule has 0 aliphatic rings. The summed E-state index contributed by atoms with van der Waals surface area (Å²) < 4.78 is 0.883. The Morgan fingerprint density at radius 3 is 2.47 bits per heavy atom. The SMILES string of the molecule is CCc1ccc(NC(=O)c2ccc(Cl)cc2)c(Br)c1. The summed E-state index contributed by atoms with van der Waals surface area (Å²) in [7, 11) is 0. The topological polar surface area (TPSA) is 29.1 Å². The maximum Gasteiger partial charge on any atom is 0.255 e. The molecule has 0 aliphatic carbocycles. The summed E-state index contributed by atoms with van der Waals surface area (Å²) in [5.74, 6) is -0.151. The number of nitrogens with one attached hydrogen (secondary N) is 1. The molecule has 19 heavy (non-hydrogen) atoms. The number of amides is 1. The summed E-state index contributed by atoms with van der Waals surface area (Å²) in [6, 6.07) is 12.7. The first-order valence-electron chi connectivity index (χ1n) is 5.95. The average Bonchev–Trinajstić information content (AvgIpc) is 2.41. The fourth-order valence-electron chi connectivity index (χ4n) is 1.68. The largest absolute Gasteiger partial charge is 0.321 e. The maximum absolute atomic E-state index is 12.1. The van der Waals surface area contributed by atoms with Gasteiger partial charge >= 0.3 is 0 Å². The molecule has 0 aromatic heterocycles. The molecule has 1 N–H and O–H groups in total. The molecule has 1 amide bonds. The summed E-state index contributed by atoms with van der Waals surface area (Å²) >= 11 is 9.26. The van der Waals surface area contributed by atoms with Crippen molar-refractivity contribution in [3.8, 4) is 0 Å². The quantitative estimate of drug-likeness (QED) is 0.846. The lowest BCUT2D eigenvalue weighted by Crippen LogP contribution is -2.12. The third-order valence-electron chi connectivity index (χ3n) is 2.80. The number of carbonyl (C=O) groups excluding carboxylic acids is 1. The Morgan fingerprint density at radius 2 is 1.89 bits per heavy atom. The molecule has 0 spiro atoms. The van der Waals surface area contributed by atoms with E-state index in [0.717, 1.165) is 16.6 Å². The molecule has 2 rings (SSSR count). The molecule has 0 fully saturated rings. The standard InChI is InChI=1S/C15H13BrClNO/c1-2-10-3-8-14(13(16)9-10)18-15(19)11-4-6-12(17)7-5-11/h3-9H,2H2,1H3,(H,18,19). The second kappa shape index (κ2) is 6.22. The Balaban J connectivity index is 2.17. The van der Waals surface area contributed by atoms with Gasteiger partial charge in [-0.15, -0.1) is 0 Å². The van der Waals surface area contributed by atoms with Gasteiger partial charge in [-0.2, -0.15) is 0 Å². The lowest BCUT2D eigenvalue weighted by Gasteiger charge is -2.09. The number of halogens is 2. The van der Waals surface area contributed by atoms with Crippen LogP contribution in [0.2, 0.25) is 5.02 Å². The molecule has 0 aliphatic heterocycles. The minimum atomic E-state index is -0.151. The Morgan fingerprint density at radius 1 is 1.21 bits per heavy atom. The second-order valence-corrected chi connectivity index (χ2v) is 5.42. The molecule has 98 valence electrons. The highest BCUT2D eigenvalue weighted by Crippen LogP contribution is 2.24. The average molecular weight is 339 g/mol. The first-order chi connectivity index (χ1) is 9.10. The predicted octanol–water partition coefficient (Wildman–Crippen LogP) is 4.92. The van der Waals surface area contributed by atoms with Gasteiger partial charge in [0, 0.05) is 15.1 Å². The molecule has 0 bridgehead atoms. The van der Waals surface area contributed by atoms with E-state index in [1.54, 1.807) is 24.3 Å². The number of rotatable bonds is 3. The van der Waals surface area contributed by atoms with Gasteiger partial charge in [-0.3, -0.25) is 4.79 Å². The van der Waals surface area contributed by atoms with E-state index in [0.29, 0.717) is 10.6 Å². The number of carbonyl (C=O) groups is 1. The van der Waals surface area contributed by atoms with Crippen molar-refractivity contribution in [1.82, 2.24) is 0 Å². The zero-order valence-electron chi connectivity index (χ0n) is 10.4. The van der Waals surface area contributed by atoms with E-state index in [-0.39, 0.29) is 5.91 Å². The fourth-order valence-corrected chi connectivity index (χ4v) is 2.33. The Kier molecular flexibility index (Phi) is 4.61. The van der Waals surface area contributed by atoms with E-state index in [2.05, 4.69) is 28.2 Å². The van der Waals surface area contributed by atoms with Gasteiger partial charge in [0.1, 0.15) is 0 Å². The molecule has 0 unspecified atom stereocenters. The van der Waals surface area contributed by atoms with Crippen molar-refractivity contribution < 1.29 is 4.79 Å². The first-order valence-corrected chi connectivity index (χ1v) is 7.12. The number of aryl methyl sites for hydroxylation is 1. The molecule has 4 heteroatoms. The summed E-state index contributed by atoms with van der Waals surface area (Å²) in [4.78, 5) is 12.1. The van der Waals surface area contributed by atoms with E-state index < -0.39 is 0 Å². The van der Waals surface area contributed by atoms with E-state index in [9.17, 15) is 4.79 Å². The van der Waals surface area contributed by atoms with E-state index >= 15 is 0 Å². The lowest BCUT2D eigenvalue weighted by atomic mass is 10.1. The van der Waals surface area contributed by atoms with Crippen LogP contribution in [0.15, 0.2) is 46.9 Å². The van der Waals surface area contributed by atoms with Crippen LogP contribution in [0, 0.1) is 0 Å². The van der Waals surface area contributed by atoms with Crippen molar-refractivity contribution in [1.29, 1.82) is 0 Å².